The van der Waals surface area contributed by atoms with E-state index >= 15 is 0 Å². The maximum Gasteiger partial charge on any atom is 0.293 e. The lowest BCUT2D eigenvalue weighted by Gasteiger charge is -1.99. The molecular formula is C5H10O5S. The van der Waals surface area contributed by atoms with E-state index in [2.05, 4.69) is 8.92 Å². The molecule has 5 nitrogen and oxygen atoms in total. The van der Waals surface area contributed by atoms with E-state index in [1.165, 1.54) is 0 Å². The second kappa shape index (κ2) is 5.09. The quantitative estimate of drug-likeness (QED) is 0.315. The van der Waals surface area contributed by atoms with Gasteiger partial charge in [0.25, 0.3) is 16.6 Å². The fraction of sp³-hybridized carbons (Fsp3) is 0.800. The number of carbonyl (C=O) groups is 1. The predicted octanol–water partition coefficient (Wildman–Crippen LogP) is -0.474. The first-order valence-electron chi connectivity index (χ1n) is 2.96. The van der Waals surface area contributed by atoms with Crippen LogP contribution < -0.4 is 0 Å². The second-order valence-corrected chi connectivity index (χ2v) is 3.61. The molecule has 11 heavy (non-hydrogen) atoms. The predicted molar refractivity (Wildman–Crippen MR) is 37.4 cm³/mol. The van der Waals surface area contributed by atoms with Gasteiger partial charge in [0.15, 0.2) is 0 Å². The molecule has 0 atom stereocenters. The molecule has 0 heterocycles. The van der Waals surface area contributed by atoms with E-state index in [0.717, 1.165) is 7.11 Å². The summed E-state index contributed by atoms with van der Waals surface area (Å²) < 4.78 is 29.6. The largest absolute Gasteiger partial charge is 0.468 e. The number of hydrogen-bond donors (Lipinski definition) is 0. The van der Waals surface area contributed by atoms with Crippen LogP contribution in [-0.2, 0) is 23.8 Å². The van der Waals surface area contributed by atoms with Crippen LogP contribution >= 0.6 is 0 Å². The van der Waals surface area contributed by atoms with Gasteiger partial charge < -0.3 is 4.74 Å². The van der Waals surface area contributed by atoms with Crippen molar-refractivity contribution >= 4 is 16.6 Å². The summed E-state index contributed by atoms with van der Waals surface area (Å²) in [6.07, 6.45) is 0.259. The molecule has 0 aromatic rings. The maximum atomic E-state index is 10.6. The molecule has 0 saturated carbocycles. The normalized spacial score (nSPS) is 11.0. The van der Waals surface area contributed by atoms with Crippen LogP contribution in [0.4, 0.5) is 0 Å². The third-order valence-corrected chi connectivity index (χ3v) is 2.28. The summed E-state index contributed by atoms with van der Waals surface area (Å²) in [6, 6.07) is 0. The van der Waals surface area contributed by atoms with E-state index in [9.17, 15) is 13.2 Å². The van der Waals surface area contributed by atoms with Gasteiger partial charge >= 0.3 is 0 Å². The van der Waals surface area contributed by atoms with Gasteiger partial charge in [0.05, 0.1) is 19.5 Å². The van der Waals surface area contributed by atoms with Crippen molar-refractivity contribution in [1.29, 1.82) is 0 Å². The van der Waals surface area contributed by atoms with Crippen molar-refractivity contribution in [2.45, 2.75) is 6.42 Å². The number of hydrogen-bond acceptors (Lipinski definition) is 5. The molecule has 0 radical (unpaired) electrons. The molecule has 0 fully saturated rings. The molecule has 0 unspecified atom stereocenters. The topological polar surface area (TPSA) is 69.7 Å². The minimum atomic E-state index is -3.40. The van der Waals surface area contributed by atoms with Gasteiger partial charge in [0, 0.05) is 0 Å². The first kappa shape index (κ1) is 10.4. The molecule has 66 valence electrons. The van der Waals surface area contributed by atoms with Crippen molar-refractivity contribution in [3.05, 3.63) is 0 Å². The van der Waals surface area contributed by atoms with Crippen molar-refractivity contribution in [2.24, 2.45) is 0 Å². The van der Waals surface area contributed by atoms with E-state index in [-0.39, 0.29) is 25.3 Å². The van der Waals surface area contributed by atoms with Gasteiger partial charge in [0.1, 0.15) is 0 Å². The summed E-state index contributed by atoms with van der Waals surface area (Å²) >= 11 is 0. The fourth-order valence-electron chi connectivity index (χ4n) is 0.450. The molecule has 0 aromatic heterocycles. The number of ether oxygens (including phenoxy) is 1. The van der Waals surface area contributed by atoms with Crippen LogP contribution in [0, 0.1) is 0 Å². The molecule has 0 aliphatic rings. The summed E-state index contributed by atoms with van der Waals surface area (Å²) in [4.78, 5) is 9.60. The Bertz CT molecular complexity index is 195. The molecule has 0 aliphatic heterocycles. The monoisotopic (exact) mass is 182 g/mol. The number of rotatable bonds is 6. The van der Waals surface area contributed by atoms with Crippen molar-refractivity contribution in [2.75, 3.05) is 19.5 Å². The Labute approximate surface area is 65.4 Å². The standard InChI is InChI=1S/C5H10O5S/c1-9-11(7,8)4-2-3-10-5-6/h5H,2-4H2,1H3. The van der Waals surface area contributed by atoms with Crippen LogP contribution in [0.15, 0.2) is 0 Å². The van der Waals surface area contributed by atoms with E-state index in [0.29, 0.717) is 0 Å². The van der Waals surface area contributed by atoms with Crippen LogP contribution in [0.3, 0.4) is 0 Å². The maximum absolute atomic E-state index is 10.6. The smallest absolute Gasteiger partial charge is 0.293 e. The van der Waals surface area contributed by atoms with Crippen molar-refractivity contribution in [1.82, 2.24) is 0 Å². The summed E-state index contributed by atoms with van der Waals surface area (Å²) in [5.74, 6) is -0.128. The van der Waals surface area contributed by atoms with E-state index < -0.39 is 10.1 Å². The zero-order chi connectivity index (χ0) is 8.74. The molecule has 0 N–H and O–H groups in total. The lowest BCUT2D eigenvalue weighted by molar-refractivity contribution is -0.128. The highest BCUT2D eigenvalue weighted by Crippen LogP contribution is 1.93. The summed E-state index contributed by atoms with van der Waals surface area (Å²) in [6.45, 7) is 0.380. The average Bonchev–Trinajstić information content (AvgIpc) is 1.99. The SMILES string of the molecule is COS(=O)(=O)CCCOC=O. The minimum Gasteiger partial charge on any atom is -0.468 e. The first-order chi connectivity index (χ1) is 5.12. The summed E-state index contributed by atoms with van der Waals surface area (Å²) in [5, 5.41) is 0. The van der Waals surface area contributed by atoms with Crippen LogP contribution in [0.2, 0.25) is 0 Å². The average molecular weight is 182 g/mol. The van der Waals surface area contributed by atoms with Crippen LogP contribution in [0.25, 0.3) is 0 Å². The van der Waals surface area contributed by atoms with E-state index in [4.69, 9.17) is 0 Å². The minimum absolute atomic E-state index is 0.103. The zero-order valence-electron chi connectivity index (χ0n) is 6.15. The van der Waals surface area contributed by atoms with Gasteiger partial charge in [-0.2, -0.15) is 8.42 Å². The zero-order valence-corrected chi connectivity index (χ0v) is 6.96. The molecule has 0 rings (SSSR count). The fourth-order valence-corrected chi connectivity index (χ4v) is 1.09. The van der Waals surface area contributed by atoms with Gasteiger partial charge in [-0.15, -0.1) is 0 Å². The Kier molecular flexibility index (Phi) is 4.80. The second-order valence-electron chi connectivity index (χ2n) is 1.75. The van der Waals surface area contributed by atoms with Crippen molar-refractivity contribution in [3.63, 3.8) is 0 Å². The molecule has 0 amide bonds. The van der Waals surface area contributed by atoms with Gasteiger partial charge in [-0.1, -0.05) is 0 Å². The molecule has 0 saturated heterocycles. The van der Waals surface area contributed by atoms with E-state index in [1.807, 2.05) is 0 Å². The summed E-state index contributed by atoms with van der Waals surface area (Å²) in [7, 11) is -2.30. The first-order valence-corrected chi connectivity index (χ1v) is 4.53. The Hall–Kier alpha value is -0.620. The Morgan fingerprint density at radius 3 is 2.55 bits per heavy atom. The van der Waals surface area contributed by atoms with Gasteiger partial charge in [0.2, 0.25) is 0 Å². The Morgan fingerprint density at radius 1 is 1.45 bits per heavy atom. The highest BCUT2D eigenvalue weighted by Gasteiger charge is 2.06. The van der Waals surface area contributed by atoms with Gasteiger partial charge in [-0.25, -0.2) is 0 Å². The van der Waals surface area contributed by atoms with Gasteiger partial charge in [-0.3, -0.25) is 8.98 Å². The number of carbonyl (C=O) groups excluding carboxylic acids is 1. The van der Waals surface area contributed by atoms with Crippen LogP contribution in [0.1, 0.15) is 6.42 Å². The molecule has 0 bridgehead atoms. The molecule has 0 spiro atoms. The third-order valence-electron chi connectivity index (χ3n) is 0.979. The third kappa shape index (κ3) is 5.81. The van der Waals surface area contributed by atoms with Crippen molar-refractivity contribution < 1.29 is 22.1 Å². The highest BCUT2D eigenvalue weighted by molar-refractivity contribution is 7.86. The molecule has 0 aliphatic carbocycles. The van der Waals surface area contributed by atoms with E-state index in [1.54, 1.807) is 0 Å². The highest BCUT2D eigenvalue weighted by atomic mass is 32.2. The molecule has 0 aromatic carbocycles. The lowest BCUT2D eigenvalue weighted by atomic mass is 10.5. The van der Waals surface area contributed by atoms with Crippen LogP contribution in [-0.4, -0.2) is 34.4 Å². The molecular weight excluding hydrogens is 172 g/mol. The summed E-state index contributed by atoms with van der Waals surface area (Å²) in [5.41, 5.74) is 0. The lowest BCUT2D eigenvalue weighted by Crippen LogP contribution is -2.09. The van der Waals surface area contributed by atoms with Crippen molar-refractivity contribution in [3.8, 4) is 0 Å². The van der Waals surface area contributed by atoms with Gasteiger partial charge in [-0.05, 0) is 6.42 Å². The Morgan fingerprint density at radius 2 is 2.09 bits per heavy atom. The van der Waals surface area contributed by atoms with Crippen LogP contribution in [0.5, 0.6) is 0 Å². The Balaban J connectivity index is 3.46. The molecule has 6 heteroatoms.